The van der Waals surface area contributed by atoms with Gasteiger partial charge < -0.3 is 4.74 Å². The lowest BCUT2D eigenvalue weighted by atomic mass is 9.84. The van der Waals surface area contributed by atoms with Crippen LogP contribution in [0.1, 0.15) is 64.3 Å². The molecule has 130 valence electrons. The monoisotopic (exact) mass is 340 g/mol. The van der Waals surface area contributed by atoms with Gasteiger partial charge in [-0.15, -0.1) is 0 Å². The first-order chi connectivity index (χ1) is 12.1. The van der Waals surface area contributed by atoms with Crippen molar-refractivity contribution >= 4 is 11.8 Å². The van der Waals surface area contributed by atoms with Gasteiger partial charge in [0.15, 0.2) is 12.4 Å². The fourth-order valence-electron chi connectivity index (χ4n) is 3.29. The van der Waals surface area contributed by atoms with E-state index in [1.165, 1.54) is 55.9 Å². The van der Waals surface area contributed by atoms with Crippen molar-refractivity contribution in [2.45, 2.75) is 38.0 Å². The van der Waals surface area contributed by atoms with E-state index in [0.717, 1.165) is 6.07 Å². The highest BCUT2D eigenvalue weighted by molar-refractivity contribution is 5.99. The summed E-state index contributed by atoms with van der Waals surface area (Å²) in [5, 5.41) is 0. The topological polar surface area (TPSA) is 43.4 Å². The molecule has 0 spiro atoms. The van der Waals surface area contributed by atoms with Crippen molar-refractivity contribution in [3.63, 3.8) is 0 Å². The maximum absolute atomic E-state index is 13.1. The fraction of sp³-hybridized carbons (Fsp3) is 0.333. The Morgan fingerprint density at radius 3 is 2.36 bits per heavy atom. The van der Waals surface area contributed by atoms with E-state index in [1.54, 1.807) is 12.1 Å². The second-order valence-electron chi connectivity index (χ2n) is 6.47. The number of hydrogen-bond acceptors (Lipinski definition) is 3. The summed E-state index contributed by atoms with van der Waals surface area (Å²) in [6, 6.07) is 12.8. The molecule has 0 radical (unpaired) electrons. The highest BCUT2D eigenvalue weighted by atomic mass is 19.1. The van der Waals surface area contributed by atoms with Gasteiger partial charge in [-0.2, -0.15) is 0 Å². The SMILES string of the molecule is O=C(COC(=O)c1cccc(F)c1)c1ccc(C2CCCCC2)cc1. The van der Waals surface area contributed by atoms with Crippen LogP contribution in [-0.2, 0) is 4.74 Å². The van der Waals surface area contributed by atoms with Gasteiger partial charge in [-0.25, -0.2) is 9.18 Å². The lowest BCUT2D eigenvalue weighted by molar-refractivity contribution is 0.0474. The molecule has 1 saturated carbocycles. The van der Waals surface area contributed by atoms with Gasteiger partial charge in [0.2, 0.25) is 0 Å². The summed E-state index contributed by atoms with van der Waals surface area (Å²) >= 11 is 0. The van der Waals surface area contributed by atoms with Crippen LogP contribution in [0.25, 0.3) is 0 Å². The van der Waals surface area contributed by atoms with E-state index < -0.39 is 11.8 Å². The van der Waals surface area contributed by atoms with Crippen molar-refractivity contribution in [3.8, 4) is 0 Å². The van der Waals surface area contributed by atoms with E-state index >= 15 is 0 Å². The van der Waals surface area contributed by atoms with Gasteiger partial charge in [-0.05, 0) is 42.5 Å². The third kappa shape index (κ3) is 4.53. The van der Waals surface area contributed by atoms with Crippen molar-refractivity contribution in [2.24, 2.45) is 0 Å². The van der Waals surface area contributed by atoms with Crippen LogP contribution < -0.4 is 0 Å². The lowest BCUT2D eigenvalue weighted by Crippen LogP contribution is -2.14. The summed E-state index contributed by atoms with van der Waals surface area (Å²) in [4.78, 5) is 24.0. The summed E-state index contributed by atoms with van der Waals surface area (Å²) in [5.41, 5.74) is 1.89. The zero-order valence-corrected chi connectivity index (χ0v) is 14.0. The van der Waals surface area contributed by atoms with E-state index in [1.807, 2.05) is 12.1 Å². The number of carbonyl (C=O) groups excluding carboxylic acids is 2. The van der Waals surface area contributed by atoms with Crippen molar-refractivity contribution < 1.29 is 18.7 Å². The molecule has 0 amide bonds. The predicted octanol–water partition coefficient (Wildman–Crippen LogP) is 4.91. The molecule has 1 aliphatic rings. The molecule has 25 heavy (non-hydrogen) atoms. The molecule has 0 saturated heterocycles. The molecule has 0 aliphatic heterocycles. The minimum atomic E-state index is -0.702. The standard InChI is InChI=1S/C21H21FO3/c22-19-8-4-7-18(13-19)21(24)25-14-20(23)17-11-9-16(10-12-17)15-5-2-1-3-6-15/h4,7-13,15H,1-3,5-6,14H2. The number of benzene rings is 2. The molecule has 0 atom stereocenters. The van der Waals surface area contributed by atoms with E-state index in [0.29, 0.717) is 11.5 Å². The van der Waals surface area contributed by atoms with E-state index in [9.17, 15) is 14.0 Å². The van der Waals surface area contributed by atoms with Crippen LogP contribution in [0.15, 0.2) is 48.5 Å². The second kappa shape index (κ2) is 8.06. The number of halogens is 1. The predicted molar refractivity (Wildman–Crippen MR) is 93.3 cm³/mol. The summed E-state index contributed by atoms with van der Waals surface area (Å²) in [6.45, 7) is -0.349. The van der Waals surface area contributed by atoms with Gasteiger partial charge in [0.1, 0.15) is 5.82 Å². The molecule has 2 aromatic carbocycles. The molecule has 0 bridgehead atoms. The molecule has 0 N–H and O–H groups in total. The maximum Gasteiger partial charge on any atom is 0.338 e. The number of carbonyl (C=O) groups is 2. The number of ketones is 1. The quantitative estimate of drug-likeness (QED) is 0.573. The van der Waals surface area contributed by atoms with Crippen LogP contribution in [0, 0.1) is 5.82 Å². The van der Waals surface area contributed by atoms with Crippen molar-refractivity contribution in [3.05, 3.63) is 71.0 Å². The highest BCUT2D eigenvalue weighted by Gasteiger charge is 2.16. The number of esters is 1. The Morgan fingerprint density at radius 2 is 1.68 bits per heavy atom. The highest BCUT2D eigenvalue weighted by Crippen LogP contribution is 2.32. The van der Waals surface area contributed by atoms with Crippen LogP contribution in [0.2, 0.25) is 0 Å². The van der Waals surface area contributed by atoms with Crippen molar-refractivity contribution in [1.29, 1.82) is 0 Å². The molecule has 0 heterocycles. The smallest absolute Gasteiger partial charge is 0.338 e. The largest absolute Gasteiger partial charge is 0.454 e. The molecular weight excluding hydrogens is 319 g/mol. The molecule has 1 fully saturated rings. The van der Waals surface area contributed by atoms with Crippen molar-refractivity contribution in [1.82, 2.24) is 0 Å². The minimum absolute atomic E-state index is 0.0976. The van der Waals surface area contributed by atoms with Crippen LogP contribution in [0.5, 0.6) is 0 Å². The minimum Gasteiger partial charge on any atom is -0.454 e. The Bertz CT molecular complexity index is 746. The molecule has 3 rings (SSSR count). The average Bonchev–Trinajstić information content (AvgIpc) is 2.66. The summed E-state index contributed by atoms with van der Waals surface area (Å²) < 4.78 is 18.1. The summed E-state index contributed by atoms with van der Waals surface area (Å²) in [6.07, 6.45) is 6.25. The van der Waals surface area contributed by atoms with Crippen LogP contribution in [0.4, 0.5) is 4.39 Å². The molecule has 0 unspecified atom stereocenters. The Labute approximate surface area is 146 Å². The number of ether oxygens (including phenoxy) is 1. The van der Waals surface area contributed by atoms with E-state index in [-0.39, 0.29) is 18.0 Å². The van der Waals surface area contributed by atoms with E-state index in [4.69, 9.17) is 4.74 Å². The zero-order chi connectivity index (χ0) is 17.6. The molecule has 2 aromatic rings. The first kappa shape index (κ1) is 17.3. The normalized spacial score (nSPS) is 14.9. The second-order valence-corrected chi connectivity index (χ2v) is 6.47. The number of hydrogen-bond donors (Lipinski definition) is 0. The molecule has 4 heteroatoms. The van der Waals surface area contributed by atoms with Gasteiger partial charge in [0, 0.05) is 5.56 Å². The Kier molecular flexibility index (Phi) is 5.59. The maximum atomic E-state index is 13.1. The van der Waals surface area contributed by atoms with Crippen LogP contribution in [-0.4, -0.2) is 18.4 Å². The molecule has 0 aromatic heterocycles. The molecule has 3 nitrogen and oxygen atoms in total. The third-order valence-electron chi connectivity index (χ3n) is 4.70. The number of Topliss-reactive ketones (excluding diaryl/α,β-unsaturated/α-hetero) is 1. The first-order valence-corrected chi connectivity index (χ1v) is 8.69. The first-order valence-electron chi connectivity index (χ1n) is 8.69. The van der Waals surface area contributed by atoms with Crippen LogP contribution in [0.3, 0.4) is 0 Å². The van der Waals surface area contributed by atoms with Crippen molar-refractivity contribution in [2.75, 3.05) is 6.61 Å². The zero-order valence-electron chi connectivity index (χ0n) is 14.0. The lowest BCUT2D eigenvalue weighted by Gasteiger charge is -2.22. The Balaban J connectivity index is 1.56. The summed E-state index contributed by atoms with van der Waals surface area (Å²) in [7, 11) is 0. The van der Waals surface area contributed by atoms with Gasteiger partial charge in [0.05, 0.1) is 5.56 Å². The fourth-order valence-corrected chi connectivity index (χ4v) is 3.29. The van der Waals surface area contributed by atoms with Gasteiger partial charge >= 0.3 is 5.97 Å². The Hall–Kier alpha value is -2.49. The summed E-state index contributed by atoms with van der Waals surface area (Å²) in [5.74, 6) is -0.894. The third-order valence-corrected chi connectivity index (χ3v) is 4.70. The molecular formula is C21H21FO3. The Morgan fingerprint density at radius 1 is 0.960 bits per heavy atom. The number of rotatable bonds is 5. The van der Waals surface area contributed by atoms with Crippen LogP contribution >= 0.6 is 0 Å². The van der Waals surface area contributed by atoms with E-state index in [2.05, 4.69) is 0 Å². The average molecular weight is 340 g/mol. The van der Waals surface area contributed by atoms with Gasteiger partial charge in [-0.1, -0.05) is 49.6 Å². The molecule has 1 aliphatic carbocycles. The van der Waals surface area contributed by atoms with Gasteiger partial charge in [-0.3, -0.25) is 4.79 Å². The van der Waals surface area contributed by atoms with Gasteiger partial charge in [0.25, 0.3) is 0 Å².